The number of aryl methyl sites for hydroxylation is 1. The molecule has 0 bridgehead atoms. The van der Waals surface area contributed by atoms with Gasteiger partial charge in [0.1, 0.15) is 11.4 Å². The van der Waals surface area contributed by atoms with Crippen LogP contribution in [0.4, 0.5) is 9.18 Å². The van der Waals surface area contributed by atoms with Crippen LogP contribution in [0.5, 0.6) is 0 Å². The lowest BCUT2D eigenvalue weighted by Gasteiger charge is -2.22. The molecule has 2 heterocycles. The minimum atomic E-state index is -0.639. The number of nitrogens with zero attached hydrogens (tertiary/aromatic N) is 3. The van der Waals surface area contributed by atoms with Gasteiger partial charge in [0.2, 0.25) is 0 Å². The summed E-state index contributed by atoms with van der Waals surface area (Å²) >= 11 is 1.29. The van der Waals surface area contributed by atoms with E-state index in [2.05, 4.69) is 20.9 Å². The number of nitrogens with one attached hydrogen (secondary N) is 2. The maximum Gasteiger partial charge on any atom is 0.407 e. The van der Waals surface area contributed by atoms with E-state index in [9.17, 15) is 14.0 Å². The highest BCUT2D eigenvalue weighted by Crippen LogP contribution is 2.24. The number of amides is 2. The van der Waals surface area contributed by atoms with Crippen LogP contribution >= 0.6 is 11.3 Å². The van der Waals surface area contributed by atoms with Crippen molar-refractivity contribution in [1.29, 1.82) is 0 Å². The van der Waals surface area contributed by atoms with E-state index in [4.69, 9.17) is 4.74 Å². The number of thiophene rings is 1. The van der Waals surface area contributed by atoms with Crippen LogP contribution in [0.25, 0.3) is 11.3 Å². The quantitative estimate of drug-likeness (QED) is 0.563. The first-order valence-corrected chi connectivity index (χ1v) is 10.9. The van der Waals surface area contributed by atoms with Gasteiger partial charge in [-0.05, 0) is 51.0 Å². The fraction of sp³-hybridized carbons (Fsp3) is 0.364. The second-order valence-corrected chi connectivity index (χ2v) is 9.24. The molecule has 3 rings (SSSR count). The Hall–Kier alpha value is -3.27. The Bertz CT molecular complexity index is 1090. The van der Waals surface area contributed by atoms with Crippen molar-refractivity contribution in [2.45, 2.75) is 38.8 Å². The molecule has 0 radical (unpaired) electrons. The highest BCUT2D eigenvalue weighted by atomic mass is 32.1. The molecule has 0 aliphatic rings. The Balaban J connectivity index is 1.71. The SMILES string of the molecule is Cn1nncc1-c1csc(C(=O)N[C@H](CNC(=O)OC(C)(C)C)Cc2cccc(F)c2)c1. The van der Waals surface area contributed by atoms with E-state index < -0.39 is 17.7 Å². The molecule has 170 valence electrons. The van der Waals surface area contributed by atoms with Crippen LogP contribution in [0.1, 0.15) is 36.0 Å². The number of hydrogen-bond donors (Lipinski definition) is 2. The van der Waals surface area contributed by atoms with E-state index in [0.717, 1.165) is 11.3 Å². The molecule has 0 fully saturated rings. The van der Waals surface area contributed by atoms with Crippen LogP contribution in [-0.4, -0.2) is 45.2 Å². The monoisotopic (exact) mass is 459 g/mol. The second-order valence-electron chi connectivity index (χ2n) is 8.33. The van der Waals surface area contributed by atoms with Crippen molar-refractivity contribution in [3.05, 3.63) is 58.2 Å². The van der Waals surface area contributed by atoms with Gasteiger partial charge in [-0.15, -0.1) is 16.4 Å². The third kappa shape index (κ3) is 6.61. The number of ether oxygens (including phenoxy) is 1. The number of carbonyl (C=O) groups is 2. The zero-order valence-corrected chi connectivity index (χ0v) is 19.2. The molecule has 1 atom stereocenters. The van der Waals surface area contributed by atoms with Gasteiger partial charge in [0.05, 0.1) is 22.8 Å². The summed E-state index contributed by atoms with van der Waals surface area (Å²) in [6.45, 7) is 5.43. The lowest BCUT2D eigenvalue weighted by molar-refractivity contribution is 0.0520. The summed E-state index contributed by atoms with van der Waals surface area (Å²) in [5.41, 5.74) is 1.69. The van der Waals surface area contributed by atoms with Crippen LogP contribution < -0.4 is 10.6 Å². The standard InChI is InChI=1S/C22H26FN5O3S/c1-22(2,3)31-21(30)24-11-17(9-14-6-5-7-16(23)8-14)26-20(29)19-10-15(13-32-19)18-12-25-27-28(18)4/h5-8,10,12-13,17H,9,11H2,1-4H3,(H,24,30)(H,26,29)/t17-/m0/s1. The molecule has 2 aromatic heterocycles. The maximum atomic E-state index is 13.6. The van der Waals surface area contributed by atoms with Crippen LogP contribution in [0.2, 0.25) is 0 Å². The summed E-state index contributed by atoms with van der Waals surface area (Å²) < 4.78 is 20.5. The minimum Gasteiger partial charge on any atom is -0.444 e. The molecular weight excluding hydrogens is 433 g/mol. The van der Waals surface area contributed by atoms with Crippen molar-refractivity contribution in [3.8, 4) is 11.3 Å². The van der Waals surface area contributed by atoms with Gasteiger partial charge in [0.15, 0.2) is 0 Å². The third-order valence-electron chi connectivity index (χ3n) is 4.43. The summed E-state index contributed by atoms with van der Waals surface area (Å²) in [4.78, 5) is 25.5. The van der Waals surface area contributed by atoms with Gasteiger partial charge in [-0.3, -0.25) is 4.79 Å². The molecular formula is C22H26FN5O3S. The summed E-state index contributed by atoms with van der Waals surface area (Å²) in [5.74, 6) is -0.649. The van der Waals surface area contributed by atoms with Gasteiger partial charge in [0, 0.05) is 24.5 Å². The Labute approximate surface area is 189 Å². The summed E-state index contributed by atoms with van der Waals surface area (Å²) in [6, 6.07) is 7.44. The molecule has 0 aliphatic carbocycles. The van der Waals surface area contributed by atoms with Crippen LogP contribution in [0.3, 0.4) is 0 Å². The maximum absolute atomic E-state index is 13.6. The molecule has 32 heavy (non-hydrogen) atoms. The lowest BCUT2D eigenvalue weighted by atomic mass is 10.1. The summed E-state index contributed by atoms with van der Waals surface area (Å²) in [6.07, 6.45) is 1.38. The van der Waals surface area contributed by atoms with Gasteiger partial charge in [-0.25, -0.2) is 13.9 Å². The van der Waals surface area contributed by atoms with Crippen molar-refractivity contribution < 1.29 is 18.7 Å². The molecule has 0 spiro atoms. The van der Waals surface area contributed by atoms with Gasteiger partial charge >= 0.3 is 6.09 Å². The number of halogens is 1. The van der Waals surface area contributed by atoms with Gasteiger partial charge < -0.3 is 15.4 Å². The average Bonchev–Trinajstić information content (AvgIpc) is 3.33. The van der Waals surface area contributed by atoms with E-state index in [-0.39, 0.29) is 18.3 Å². The predicted octanol–water partition coefficient (Wildman–Crippen LogP) is 3.55. The molecule has 3 aromatic rings. The number of hydrogen-bond acceptors (Lipinski definition) is 6. The molecule has 0 aliphatic heterocycles. The van der Waals surface area contributed by atoms with Gasteiger partial charge in [-0.1, -0.05) is 17.3 Å². The molecule has 0 saturated carbocycles. The molecule has 8 nitrogen and oxygen atoms in total. The zero-order valence-electron chi connectivity index (χ0n) is 18.4. The van der Waals surface area contributed by atoms with Crippen molar-refractivity contribution in [3.63, 3.8) is 0 Å². The lowest BCUT2D eigenvalue weighted by Crippen LogP contribution is -2.46. The number of rotatable bonds is 7. The first-order valence-electron chi connectivity index (χ1n) is 10.1. The Morgan fingerprint density at radius 3 is 2.72 bits per heavy atom. The number of benzene rings is 1. The van der Waals surface area contributed by atoms with Crippen molar-refractivity contribution in [2.24, 2.45) is 7.05 Å². The molecule has 0 unspecified atom stereocenters. The minimum absolute atomic E-state index is 0.126. The fourth-order valence-electron chi connectivity index (χ4n) is 3.04. The summed E-state index contributed by atoms with van der Waals surface area (Å²) in [7, 11) is 1.77. The number of carbonyl (C=O) groups excluding carboxylic acids is 2. The fourth-order valence-corrected chi connectivity index (χ4v) is 3.84. The number of aromatic nitrogens is 3. The van der Waals surface area contributed by atoms with E-state index in [1.807, 2.05) is 5.38 Å². The van der Waals surface area contributed by atoms with Crippen LogP contribution in [-0.2, 0) is 18.2 Å². The van der Waals surface area contributed by atoms with E-state index in [1.54, 1.807) is 56.9 Å². The highest BCUT2D eigenvalue weighted by molar-refractivity contribution is 7.12. The Morgan fingerprint density at radius 1 is 1.28 bits per heavy atom. The van der Waals surface area contributed by atoms with Crippen LogP contribution in [0, 0.1) is 5.82 Å². The predicted molar refractivity (Wildman–Crippen MR) is 120 cm³/mol. The van der Waals surface area contributed by atoms with Crippen molar-refractivity contribution in [1.82, 2.24) is 25.6 Å². The highest BCUT2D eigenvalue weighted by Gasteiger charge is 2.20. The second kappa shape index (κ2) is 9.90. The van der Waals surface area contributed by atoms with E-state index in [0.29, 0.717) is 16.9 Å². The largest absolute Gasteiger partial charge is 0.444 e. The van der Waals surface area contributed by atoms with Gasteiger partial charge in [0.25, 0.3) is 5.91 Å². The molecule has 10 heteroatoms. The Morgan fingerprint density at radius 2 is 2.06 bits per heavy atom. The molecule has 1 aromatic carbocycles. The van der Waals surface area contributed by atoms with Crippen LogP contribution in [0.15, 0.2) is 41.9 Å². The first kappa shape index (κ1) is 23.4. The smallest absolute Gasteiger partial charge is 0.407 e. The molecule has 2 amide bonds. The van der Waals surface area contributed by atoms with E-state index in [1.165, 1.54) is 23.5 Å². The third-order valence-corrected chi connectivity index (χ3v) is 5.36. The average molecular weight is 460 g/mol. The topological polar surface area (TPSA) is 98.1 Å². The normalized spacial score (nSPS) is 12.3. The molecule has 0 saturated heterocycles. The summed E-state index contributed by atoms with van der Waals surface area (Å²) in [5, 5.41) is 15.2. The molecule has 2 N–H and O–H groups in total. The zero-order chi connectivity index (χ0) is 23.3. The van der Waals surface area contributed by atoms with Gasteiger partial charge in [-0.2, -0.15) is 0 Å². The Kier molecular flexibility index (Phi) is 7.24. The first-order chi connectivity index (χ1) is 15.1. The van der Waals surface area contributed by atoms with E-state index >= 15 is 0 Å². The number of alkyl carbamates (subject to hydrolysis) is 1. The van der Waals surface area contributed by atoms with Crippen molar-refractivity contribution in [2.75, 3.05) is 6.54 Å². The van der Waals surface area contributed by atoms with Crippen molar-refractivity contribution >= 4 is 23.3 Å².